The maximum Gasteiger partial charge on any atom is 0.145 e. The van der Waals surface area contributed by atoms with Gasteiger partial charge in [0.05, 0.1) is 11.2 Å². The first-order valence-corrected chi connectivity index (χ1v) is 16.3. The van der Waals surface area contributed by atoms with Gasteiger partial charge in [0.2, 0.25) is 0 Å². The standard InChI is InChI=1S/C40H25Br2N3/c41-32-20-14-27(15-21-32)26-10-12-30(13-11-26)37-39-38(35-8-4-5-9-36(35)43-37)44-40(31-6-2-1-3-7-31)45(39)34-24-18-29(19-25-34)28-16-22-33(42)23-17-28/h1-25H. The Morgan fingerprint density at radius 2 is 0.911 bits per heavy atom. The average molecular weight is 707 g/mol. The minimum Gasteiger partial charge on any atom is -0.290 e. The predicted molar refractivity (Wildman–Crippen MR) is 194 cm³/mol. The monoisotopic (exact) mass is 705 g/mol. The maximum atomic E-state index is 5.35. The van der Waals surface area contributed by atoms with E-state index >= 15 is 0 Å². The van der Waals surface area contributed by atoms with E-state index in [1.165, 1.54) is 11.1 Å². The van der Waals surface area contributed by atoms with Crippen LogP contribution in [-0.2, 0) is 0 Å². The minimum atomic E-state index is 0.882. The maximum absolute atomic E-state index is 5.35. The Kier molecular flexibility index (Phi) is 7.13. The third kappa shape index (κ3) is 5.18. The number of halogens is 2. The van der Waals surface area contributed by atoms with Crippen LogP contribution in [0.15, 0.2) is 161 Å². The van der Waals surface area contributed by atoms with E-state index in [1.54, 1.807) is 0 Å². The topological polar surface area (TPSA) is 30.7 Å². The molecular weight excluding hydrogens is 682 g/mol. The first-order chi connectivity index (χ1) is 22.1. The molecule has 0 saturated heterocycles. The number of benzene rings is 6. The van der Waals surface area contributed by atoms with E-state index in [-0.39, 0.29) is 0 Å². The number of pyridine rings is 1. The summed E-state index contributed by atoms with van der Waals surface area (Å²) in [5.41, 5.74) is 11.5. The smallest absolute Gasteiger partial charge is 0.145 e. The van der Waals surface area contributed by atoms with Gasteiger partial charge in [-0.25, -0.2) is 9.97 Å². The molecule has 0 aliphatic rings. The van der Waals surface area contributed by atoms with E-state index < -0.39 is 0 Å². The van der Waals surface area contributed by atoms with Crippen molar-refractivity contribution in [3.05, 3.63) is 161 Å². The van der Waals surface area contributed by atoms with Gasteiger partial charge in [0.15, 0.2) is 0 Å². The highest BCUT2D eigenvalue weighted by molar-refractivity contribution is 9.10. The van der Waals surface area contributed by atoms with Gasteiger partial charge in [-0.15, -0.1) is 0 Å². The SMILES string of the molecule is Brc1ccc(-c2ccc(-c3nc4ccccc4c4nc(-c5ccccc5)n(-c5ccc(-c6ccc(Br)cc6)cc5)c34)cc2)cc1. The third-order valence-electron chi connectivity index (χ3n) is 8.16. The Balaban J connectivity index is 1.37. The Hall–Kier alpha value is -4.84. The Bertz CT molecular complexity index is 2290. The van der Waals surface area contributed by atoms with Gasteiger partial charge in [0, 0.05) is 31.1 Å². The van der Waals surface area contributed by atoms with Crippen molar-refractivity contribution in [1.29, 1.82) is 0 Å². The fourth-order valence-corrected chi connectivity index (χ4v) is 6.44. The number of aromatic nitrogens is 3. The van der Waals surface area contributed by atoms with Gasteiger partial charge in [-0.05, 0) is 64.7 Å². The zero-order valence-electron chi connectivity index (χ0n) is 24.0. The van der Waals surface area contributed by atoms with E-state index in [0.717, 1.165) is 70.3 Å². The number of rotatable bonds is 5. The van der Waals surface area contributed by atoms with E-state index in [0.29, 0.717) is 0 Å². The van der Waals surface area contributed by atoms with Gasteiger partial charge in [0.1, 0.15) is 16.9 Å². The first-order valence-electron chi connectivity index (χ1n) is 14.7. The Labute approximate surface area is 278 Å². The van der Waals surface area contributed by atoms with Crippen LogP contribution in [-0.4, -0.2) is 14.5 Å². The predicted octanol–water partition coefficient (Wildman–Crippen LogP) is 11.8. The molecule has 214 valence electrons. The lowest BCUT2D eigenvalue weighted by Gasteiger charge is -2.14. The van der Waals surface area contributed by atoms with Crippen LogP contribution in [0.25, 0.3) is 72.5 Å². The number of para-hydroxylation sites is 1. The highest BCUT2D eigenvalue weighted by Gasteiger charge is 2.22. The summed E-state index contributed by atoms with van der Waals surface area (Å²) in [5.74, 6) is 0.882. The van der Waals surface area contributed by atoms with E-state index in [9.17, 15) is 0 Å². The molecule has 6 aromatic carbocycles. The van der Waals surface area contributed by atoms with Crippen molar-refractivity contribution in [2.24, 2.45) is 0 Å². The van der Waals surface area contributed by atoms with E-state index in [1.807, 2.05) is 12.1 Å². The van der Waals surface area contributed by atoms with Crippen LogP contribution in [0.5, 0.6) is 0 Å². The molecule has 0 spiro atoms. The molecular formula is C40H25Br2N3. The Morgan fingerprint density at radius 3 is 1.51 bits per heavy atom. The number of fused-ring (bicyclic) bond motifs is 3. The molecule has 0 bridgehead atoms. The summed E-state index contributed by atoms with van der Waals surface area (Å²) >= 11 is 7.10. The van der Waals surface area contributed by atoms with Crippen molar-refractivity contribution < 1.29 is 0 Å². The second kappa shape index (κ2) is 11.6. The van der Waals surface area contributed by atoms with Gasteiger partial charge < -0.3 is 0 Å². The summed E-state index contributed by atoms with van der Waals surface area (Å²) < 4.78 is 4.41. The molecule has 0 fully saturated rings. The zero-order chi connectivity index (χ0) is 30.3. The quantitative estimate of drug-likeness (QED) is 0.178. The van der Waals surface area contributed by atoms with Crippen molar-refractivity contribution in [3.8, 4) is 50.6 Å². The Morgan fingerprint density at radius 1 is 0.422 bits per heavy atom. The van der Waals surface area contributed by atoms with Crippen molar-refractivity contribution in [2.45, 2.75) is 0 Å². The molecule has 0 saturated carbocycles. The normalized spacial score (nSPS) is 11.3. The molecule has 0 amide bonds. The molecule has 0 radical (unpaired) electrons. The van der Waals surface area contributed by atoms with Crippen molar-refractivity contribution in [1.82, 2.24) is 14.5 Å². The van der Waals surface area contributed by atoms with Gasteiger partial charge >= 0.3 is 0 Å². The molecule has 0 N–H and O–H groups in total. The molecule has 3 nitrogen and oxygen atoms in total. The summed E-state index contributed by atoms with van der Waals surface area (Å²) in [6.07, 6.45) is 0. The largest absolute Gasteiger partial charge is 0.290 e. The van der Waals surface area contributed by atoms with Gasteiger partial charge in [0.25, 0.3) is 0 Å². The second-order valence-corrected chi connectivity index (χ2v) is 12.8. The molecule has 0 unspecified atom stereocenters. The van der Waals surface area contributed by atoms with Gasteiger partial charge in [-0.3, -0.25) is 4.57 Å². The van der Waals surface area contributed by atoms with E-state index in [2.05, 4.69) is 176 Å². The van der Waals surface area contributed by atoms with Crippen molar-refractivity contribution >= 4 is 53.8 Å². The number of nitrogens with zero attached hydrogens (tertiary/aromatic N) is 3. The van der Waals surface area contributed by atoms with Gasteiger partial charge in [-0.1, -0.05) is 141 Å². The first kappa shape index (κ1) is 27.7. The second-order valence-electron chi connectivity index (χ2n) is 10.9. The number of imidazole rings is 1. The summed E-state index contributed by atoms with van der Waals surface area (Å²) in [7, 11) is 0. The lowest BCUT2D eigenvalue weighted by atomic mass is 10.0. The summed E-state index contributed by atoms with van der Waals surface area (Å²) in [4.78, 5) is 10.6. The molecule has 0 atom stereocenters. The number of hydrogen-bond donors (Lipinski definition) is 0. The lowest BCUT2D eigenvalue weighted by Crippen LogP contribution is -2.00. The molecule has 2 aromatic heterocycles. The van der Waals surface area contributed by atoms with Crippen LogP contribution in [0.3, 0.4) is 0 Å². The average Bonchev–Trinajstić information content (AvgIpc) is 3.50. The zero-order valence-corrected chi connectivity index (χ0v) is 27.2. The summed E-state index contributed by atoms with van der Waals surface area (Å²) in [5, 5.41) is 1.03. The van der Waals surface area contributed by atoms with Crippen LogP contribution in [0.1, 0.15) is 0 Å². The highest BCUT2D eigenvalue weighted by Crippen LogP contribution is 2.38. The van der Waals surface area contributed by atoms with Crippen LogP contribution in [0.2, 0.25) is 0 Å². The third-order valence-corrected chi connectivity index (χ3v) is 9.22. The minimum absolute atomic E-state index is 0.882. The molecule has 0 aliphatic heterocycles. The molecule has 5 heteroatoms. The van der Waals surface area contributed by atoms with Crippen LogP contribution < -0.4 is 0 Å². The molecule has 8 aromatic rings. The summed E-state index contributed by atoms with van der Waals surface area (Å²) in [6.45, 7) is 0. The van der Waals surface area contributed by atoms with Crippen LogP contribution in [0, 0.1) is 0 Å². The van der Waals surface area contributed by atoms with Crippen molar-refractivity contribution in [2.75, 3.05) is 0 Å². The molecule has 8 rings (SSSR count). The van der Waals surface area contributed by atoms with Crippen LogP contribution in [0.4, 0.5) is 0 Å². The van der Waals surface area contributed by atoms with Gasteiger partial charge in [-0.2, -0.15) is 0 Å². The molecule has 45 heavy (non-hydrogen) atoms. The fourth-order valence-electron chi connectivity index (χ4n) is 5.91. The van der Waals surface area contributed by atoms with Crippen molar-refractivity contribution in [3.63, 3.8) is 0 Å². The van der Waals surface area contributed by atoms with E-state index in [4.69, 9.17) is 9.97 Å². The highest BCUT2D eigenvalue weighted by atomic mass is 79.9. The van der Waals surface area contributed by atoms with Crippen LogP contribution >= 0.6 is 31.9 Å². The fraction of sp³-hybridized carbons (Fsp3) is 0. The molecule has 2 heterocycles. The summed E-state index contributed by atoms with van der Waals surface area (Å²) in [6, 6.07) is 52.9. The molecule has 0 aliphatic carbocycles. The lowest BCUT2D eigenvalue weighted by molar-refractivity contribution is 1.10. The number of hydrogen-bond acceptors (Lipinski definition) is 2.